The molecule has 0 amide bonds. The van der Waals surface area contributed by atoms with Gasteiger partial charge in [-0.1, -0.05) is 17.7 Å². The Balaban J connectivity index is 2.16. The van der Waals surface area contributed by atoms with E-state index in [2.05, 4.69) is 11.4 Å². The van der Waals surface area contributed by atoms with Crippen molar-refractivity contribution in [2.45, 2.75) is 18.3 Å². The summed E-state index contributed by atoms with van der Waals surface area (Å²) < 4.78 is 10.6. The van der Waals surface area contributed by atoms with E-state index in [1.54, 1.807) is 7.11 Å². The molecule has 1 aromatic rings. The second-order valence-corrected chi connectivity index (χ2v) is 5.23. The molecule has 0 aromatic heterocycles. The molecule has 0 radical (unpaired) electrons. The van der Waals surface area contributed by atoms with Gasteiger partial charge in [0.15, 0.2) is 0 Å². The van der Waals surface area contributed by atoms with Crippen molar-refractivity contribution in [1.29, 1.82) is 0 Å². The zero-order valence-corrected chi connectivity index (χ0v) is 11.7. The maximum atomic E-state index is 6.37. The molecule has 2 rings (SSSR count). The highest BCUT2D eigenvalue weighted by molar-refractivity contribution is 6.31. The molecular weight excluding hydrogens is 250 g/mol. The Bertz CT molecular complexity index is 405. The average molecular weight is 270 g/mol. The van der Waals surface area contributed by atoms with Gasteiger partial charge in [0.2, 0.25) is 0 Å². The largest absolute Gasteiger partial charge is 0.497 e. The molecule has 1 fully saturated rings. The molecule has 0 aliphatic carbocycles. The number of nitrogens with one attached hydrogen (secondary N) is 1. The van der Waals surface area contributed by atoms with Gasteiger partial charge in [0, 0.05) is 10.4 Å². The lowest BCUT2D eigenvalue weighted by Gasteiger charge is -2.42. The van der Waals surface area contributed by atoms with Crippen molar-refractivity contribution >= 4 is 11.6 Å². The molecule has 0 atom stereocenters. The Morgan fingerprint density at radius 2 is 2.22 bits per heavy atom. The van der Waals surface area contributed by atoms with Crippen LogP contribution in [0.1, 0.15) is 18.4 Å². The molecule has 1 aliphatic rings. The van der Waals surface area contributed by atoms with Crippen LogP contribution in [0.5, 0.6) is 5.75 Å². The molecule has 100 valence electrons. The van der Waals surface area contributed by atoms with E-state index in [0.29, 0.717) is 0 Å². The van der Waals surface area contributed by atoms with Gasteiger partial charge in [-0.05, 0) is 44.1 Å². The van der Waals surface area contributed by atoms with Crippen molar-refractivity contribution in [3.63, 3.8) is 0 Å². The fourth-order valence-corrected chi connectivity index (χ4v) is 2.81. The Kier molecular flexibility index (Phi) is 4.49. The first-order valence-electron chi connectivity index (χ1n) is 6.28. The molecule has 1 aromatic carbocycles. The molecular formula is C14H20ClNO2. The summed E-state index contributed by atoms with van der Waals surface area (Å²) in [6.07, 6.45) is 2.22. The third-order valence-electron chi connectivity index (χ3n) is 3.59. The van der Waals surface area contributed by atoms with Gasteiger partial charge in [0.05, 0.1) is 20.3 Å². The minimum absolute atomic E-state index is 0.0974. The van der Waals surface area contributed by atoms with Gasteiger partial charge >= 0.3 is 0 Å². The van der Waals surface area contributed by atoms with Crippen LogP contribution in [-0.2, 0) is 10.2 Å². The van der Waals surface area contributed by atoms with Crippen LogP contribution in [0.15, 0.2) is 18.2 Å². The van der Waals surface area contributed by atoms with Crippen LogP contribution < -0.4 is 10.1 Å². The number of halogens is 1. The number of rotatable bonds is 6. The Morgan fingerprint density at radius 1 is 1.44 bits per heavy atom. The first-order valence-corrected chi connectivity index (χ1v) is 6.66. The topological polar surface area (TPSA) is 30.5 Å². The number of hydrogen-bond acceptors (Lipinski definition) is 3. The molecule has 18 heavy (non-hydrogen) atoms. The predicted molar refractivity (Wildman–Crippen MR) is 73.7 cm³/mol. The Labute approximate surface area is 113 Å². The zero-order chi connectivity index (χ0) is 13.0. The lowest BCUT2D eigenvalue weighted by atomic mass is 9.75. The van der Waals surface area contributed by atoms with Crippen molar-refractivity contribution in [2.75, 3.05) is 33.9 Å². The predicted octanol–water partition coefficient (Wildman–Crippen LogP) is 2.62. The van der Waals surface area contributed by atoms with Crippen molar-refractivity contribution in [3.05, 3.63) is 28.8 Å². The number of methoxy groups -OCH3 is 1. The quantitative estimate of drug-likeness (QED) is 0.806. The molecule has 0 unspecified atom stereocenters. The average Bonchev–Trinajstić information content (AvgIpc) is 2.33. The second-order valence-electron chi connectivity index (χ2n) is 4.83. The Hall–Kier alpha value is -0.770. The lowest BCUT2D eigenvalue weighted by molar-refractivity contribution is -0.0650. The summed E-state index contributed by atoms with van der Waals surface area (Å²) in [7, 11) is 3.63. The summed E-state index contributed by atoms with van der Waals surface area (Å²) in [6.45, 7) is 2.56. The summed E-state index contributed by atoms with van der Waals surface area (Å²) in [5.41, 5.74) is 1.28. The third kappa shape index (κ3) is 2.63. The van der Waals surface area contributed by atoms with Gasteiger partial charge in [-0.2, -0.15) is 0 Å². The maximum absolute atomic E-state index is 6.37. The van der Waals surface area contributed by atoms with E-state index in [4.69, 9.17) is 21.1 Å². The SMILES string of the molecule is CNCCCC1(c2ccc(OC)cc2Cl)COC1. The zero-order valence-electron chi connectivity index (χ0n) is 11.0. The maximum Gasteiger partial charge on any atom is 0.120 e. The molecule has 1 heterocycles. The van der Waals surface area contributed by atoms with Crippen molar-refractivity contribution in [3.8, 4) is 5.75 Å². The molecule has 1 aliphatic heterocycles. The first-order chi connectivity index (χ1) is 8.72. The molecule has 1 N–H and O–H groups in total. The number of hydrogen-bond donors (Lipinski definition) is 1. The highest BCUT2D eigenvalue weighted by atomic mass is 35.5. The van der Waals surface area contributed by atoms with Crippen molar-refractivity contribution < 1.29 is 9.47 Å². The summed E-state index contributed by atoms with van der Waals surface area (Å²) in [5.74, 6) is 0.800. The molecule has 0 spiro atoms. The van der Waals surface area contributed by atoms with Gasteiger partial charge in [0.1, 0.15) is 5.75 Å². The van der Waals surface area contributed by atoms with E-state index >= 15 is 0 Å². The Morgan fingerprint density at radius 3 is 2.72 bits per heavy atom. The van der Waals surface area contributed by atoms with Crippen LogP contribution >= 0.6 is 11.6 Å². The summed E-state index contributed by atoms with van der Waals surface area (Å²) in [6, 6.07) is 5.93. The van der Waals surface area contributed by atoms with Crippen LogP contribution in [0, 0.1) is 0 Å². The molecule has 1 saturated heterocycles. The summed E-state index contributed by atoms with van der Waals surface area (Å²) >= 11 is 6.37. The summed E-state index contributed by atoms with van der Waals surface area (Å²) in [5, 5.41) is 3.96. The van der Waals surface area contributed by atoms with Crippen LogP contribution in [-0.4, -0.2) is 33.9 Å². The van der Waals surface area contributed by atoms with E-state index in [0.717, 1.165) is 43.4 Å². The lowest BCUT2D eigenvalue weighted by Crippen LogP contribution is -2.47. The summed E-state index contributed by atoms with van der Waals surface area (Å²) in [4.78, 5) is 0. The van der Waals surface area contributed by atoms with Gasteiger partial charge < -0.3 is 14.8 Å². The van der Waals surface area contributed by atoms with Crippen LogP contribution in [0.4, 0.5) is 0 Å². The standard InChI is InChI=1S/C14H20ClNO2/c1-16-7-3-6-14(9-18-10-14)12-5-4-11(17-2)8-13(12)15/h4-5,8,16H,3,6-7,9-10H2,1-2H3. The van der Waals surface area contributed by atoms with E-state index in [9.17, 15) is 0 Å². The van der Waals surface area contributed by atoms with Gasteiger partial charge in [0.25, 0.3) is 0 Å². The van der Waals surface area contributed by atoms with E-state index in [-0.39, 0.29) is 5.41 Å². The minimum atomic E-state index is 0.0974. The normalized spacial score (nSPS) is 17.3. The van der Waals surface area contributed by atoms with Gasteiger partial charge in [-0.25, -0.2) is 0 Å². The molecule has 0 bridgehead atoms. The van der Waals surface area contributed by atoms with Crippen molar-refractivity contribution in [2.24, 2.45) is 0 Å². The number of benzene rings is 1. The first kappa shape index (κ1) is 13.7. The van der Waals surface area contributed by atoms with Crippen LogP contribution in [0.3, 0.4) is 0 Å². The molecule has 3 nitrogen and oxygen atoms in total. The second kappa shape index (κ2) is 5.91. The van der Waals surface area contributed by atoms with E-state index in [1.807, 2.05) is 19.2 Å². The fraction of sp³-hybridized carbons (Fsp3) is 0.571. The van der Waals surface area contributed by atoms with Gasteiger partial charge in [-0.3, -0.25) is 0 Å². The number of ether oxygens (including phenoxy) is 2. The highest BCUT2D eigenvalue weighted by Gasteiger charge is 2.41. The third-order valence-corrected chi connectivity index (χ3v) is 3.90. The van der Waals surface area contributed by atoms with Crippen LogP contribution in [0.2, 0.25) is 5.02 Å². The van der Waals surface area contributed by atoms with E-state index < -0.39 is 0 Å². The smallest absolute Gasteiger partial charge is 0.120 e. The van der Waals surface area contributed by atoms with E-state index in [1.165, 1.54) is 5.56 Å². The minimum Gasteiger partial charge on any atom is -0.497 e. The van der Waals surface area contributed by atoms with Gasteiger partial charge in [-0.15, -0.1) is 0 Å². The molecule has 0 saturated carbocycles. The van der Waals surface area contributed by atoms with Crippen molar-refractivity contribution in [1.82, 2.24) is 5.32 Å². The van der Waals surface area contributed by atoms with Crippen LogP contribution in [0.25, 0.3) is 0 Å². The molecule has 4 heteroatoms. The fourth-order valence-electron chi connectivity index (χ4n) is 2.44. The highest BCUT2D eigenvalue weighted by Crippen LogP contribution is 2.41. The monoisotopic (exact) mass is 269 g/mol.